The molecule has 9 rings (SSSR count). The van der Waals surface area contributed by atoms with Gasteiger partial charge in [-0.05, 0) is 23.6 Å². The molecule has 6 aromatic carbocycles. The number of thioether (sulfide) groups is 1. The number of ether oxygens (including phenoxy) is 1. The Morgan fingerprint density at radius 3 is 1.61 bits per heavy atom. The molecule has 1 saturated heterocycles. The lowest BCUT2D eigenvalue weighted by molar-refractivity contribution is -0.836. The Morgan fingerprint density at radius 2 is 1.17 bits per heavy atom. The highest BCUT2D eigenvalue weighted by molar-refractivity contribution is 8.00. The second kappa shape index (κ2) is 19.6. The van der Waals surface area contributed by atoms with Gasteiger partial charge in [-0.2, -0.15) is 0 Å². The molecule has 7 aromatic rings. The van der Waals surface area contributed by atoms with Gasteiger partial charge < -0.3 is 30.1 Å². The molecule has 2 amide bonds. The number of amides is 2. The van der Waals surface area contributed by atoms with Gasteiger partial charge in [-0.1, -0.05) is 205 Å². The number of nitrogens with one attached hydrogen (secondary N) is 2. The van der Waals surface area contributed by atoms with Crippen LogP contribution in [0.5, 0.6) is 0 Å². The molecule has 1 unspecified atom stereocenters. The summed E-state index contributed by atoms with van der Waals surface area (Å²) in [7, 11) is 1.38. The normalized spacial score (nSPS) is 17.8. The number of fused-ring (bicyclic) bond motifs is 1. The number of likely N-dealkylation sites (N-methyl/N-ethyl adjacent to an activating group) is 1. The number of carbonyl (C=O) groups excluding carboxylic acids is 4. The van der Waals surface area contributed by atoms with Crippen molar-refractivity contribution in [3.63, 3.8) is 0 Å². The van der Waals surface area contributed by atoms with Crippen molar-refractivity contribution >= 4 is 57.7 Å². The van der Waals surface area contributed by atoms with E-state index in [9.17, 15) is 19.5 Å². The number of anilines is 1. The van der Waals surface area contributed by atoms with Crippen molar-refractivity contribution in [1.29, 1.82) is 0 Å². The van der Waals surface area contributed by atoms with Crippen LogP contribution in [0.3, 0.4) is 0 Å². The predicted octanol–water partition coefficient (Wildman–Crippen LogP) is 7.33. The number of hydrogen-bond acceptors (Lipinski definition) is 12. The number of β-lactam (4-membered cyclic amide) rings is 1. The molecule has 0 spiro atoms. The van der Waals surface area contributed by atoms with Gasteiger partial charge in [0.05, 0.1) is 12.8 Å². The minimum atomic E-state index is -1.69. The maximum Gasteiger partial charge on any atom is 0.389 e. The van der Waals surface area contributed by atoms with Gasteiger partial charge in [-0.25, -0.2) is 19.1 Å². The molecule has 2 N–H and O–H groups in total. The third-order valence-corrected chi connectivity index (χ3v) is 14.5. The van der Waals surface area contributed by atoms with Gasteiger partial charge in [0.25, 0.3) is 5.91 Å². The van der Waals surface area contributed by atoms with E-state index in [1.54, 1.807) is 5.38 Å². The lowest BCUT2D eigenvalue weighted by Gasteiger charge is -2.53. The third-order valence-electron chi connectivity index (χ3n) is 12.2. The number of aromatic nitrogens is 1. The standard InChI is InChI=1S/C55H43N5O7S2/c1-3-22-45(61)66-44-36-68-51-47(50(63)60(51,2)48(44)52(64)65)57-49(62)46(59-67-55(40-29-16-7-17-30-40,41-31-18-8-19-32-41)42-33-20-9-21-34-42)43-35-69-53(56-43)58-54(37-23-10-4-11-24-37,38-25-12-5-13-26-38)39-27-14-6-15-28-39/h4-21,23-35,47,51H,36H2,1-2H3,(H2-,56,57,58,62,64,65)/b59-46-/t47-,51-,60?/m1/s1. The molecule has 2 aliphatic rings. The molecule has 69 heavy (non-hydrogen) atoms. The summed E-state index contributed by atoms with van der Waals surface area (Å²) in [6, 6.07) is 57.4. The largest absolute Gasteiger partial charge is 0.540 e. The highest BCUT2D eigenvalue weighted by Crippen LogP contribution is 2.47. The first-order chi connectivity index (χ1) is 33.6. The number of carbonyl (C=O) groups is 4. The van der Waals surface area contributed by atoms with E-state index in [0.29, 0.717) is 21.8 Å². The Kier molecular flexibility index (Phi) is 13.1. The number of esters is 1. The number of carboxylic acids is 1. The second-order valence-electron chi connectivity index (χ2n) is 16.2. The van der Waals surface area contributed by atoms with Gasteiger partial charge in [0, 0.05) is 28.0 Å². The van der Waals surface area contributed by atoms with Crippen LogP contribution in [0, 0.1) is 11.8 Å². The molecule has 1 aromatic heterocycles. The summed E-state index contributed by atoms with van der Waals surface area (Å²) < 4.78 is 4.50. The molecule has 0 aliphatic carbocycles. The number of hydrogen-bond donors (Lipinski definition) is 2. The lowest BCUT2D eigenvalue weighted by atomic mass is 9.77. The average molecular weight is 950 g/mol. The molecular formula is C55H43N5O7S2. The zero-order chi connectivity index (χ0) is 48.0. The predicted molar refractivity (Wildman–Crippen MR) is 263 cm³/mol. The number of oxime groups is 1. The average Bonchev–Trinajstić information content (AvgIpc) is 3.85. The highest BCUT2D eigenvalue weighted by atomic mass is 32.2. The van der Waals surface area contributed by atoms with Crippen LogP contribution >= 0.6 is 23.1 Å². The Morgan fingerprint density at radius 1 is 0.725 bits per heavy atom. The smallest absolute Gasteiger partial charge is 0.389 e. The number of rotatable bonds is 15. The first-order valence-electron chi connectivity index (χ1n) is 21.9. The highest BCUT2D eigenvalue weighted by Gasteiger charge is 2.67. The Hall–Kier alpha value is -8.09. The molecule has 0 bridgehead atoms. The van der Waals surface area contributed by atoms with Crippen molar-refractivity contribution in [1.82, 2.24) is 10.3 Å². The topological polar surface area (TPSA) is 159 Å². The van der Waals surface area contributed by atoms with Crippen molar-refractivity contribution in [2.24, 2.45) is 5.16 Å². The van der Waals surface area contributed by atoms with Crippen LogP contribution in [-0.2, 0) is 39.9 Å². The molecule has 14 heteroatoms. The molecule has 0 radical (unpaired) electrons. The van der Waals surface area contributed by atoms with E-state index in [4.69, 9.17) is 19.7 Å². The van der Waals surface area contributed by atoms with Gasteiger partial charge in [0.2, 0.25) is 17.3 Å². The van der Waals surface area contributed by atoms with Crippen molar-refractivity contribution < 1.29 is 38.3 Å². The van der Waals surface area contributed by atoms with E-state index >= 15 is 4.79 Å². The summed E-state index contributed by atoms with van der Waals surface area (Å²) in [6.45, 7) is 1.44. The SMILES string of the molecule is CC#CC(=O)OC1=C(C(=O)[O-])[N+]2(C)C(=O)[C@@H](NC(=O)/C(=N\OC(c3ccccc3)(c3ccccc3)c3ccccc3)c3csc(NC(c4ccccc4)(c4ccccc4)c4ccccc4)n3)[C@H]2SC1. The van der Waals surface area contributed by atoms with Gasteiger partial charge in [0.1, 0.15) is 17.2 Å². The third kappa shape index (κ3) is 8.48. The zero-order valence-corrected chi connectivity index (χ0v) is 38.9. The van der Waals surface area contributed by atoms with Gasteiger partial charge in [-0.15, -0.1) is 11.3 Å². The number of thiazole rings is 1. The molecule has 12 nitrogen and oxygen atoms in total. The van der Waals surface area contributed by atoms with Crippen LogP contribution in [0.2, 0.25) is 0 Å². The summed E-state index contributed by atoms with van der Waals surface area (Å²) in [5, 5.41) is 25.3. The first kappa shape index (κ1) is 46.0. The minimum Gasteiger partial charge on any atom is -0.540 e. The minimum absolute atomic E-state index is 0.108. The first-order valence-corrected chi connectivity index (χ1v) is 23.8. The molecular weight excluding hydrogens is 907 g/mol. The fourth-order valence-electron chi connectivity index (χ4n) is 9.06. The van der Waals surface area contributed by atoms with Gasteiger partial charge in [0.15, 0.2) is 22.0 Å². The number of carboxylic acid groups (broad SMARTS) is 1. The number of quaternary nitrogens is 1. The number of benzene rings is 6. The maximum absolute atomic E-state index is 15.1. The van der Waals surface area contributed by atoms with E-state index < -0.39 is 56.5 Å². The van der Waals surface area contributed by atoms with Crippen LogP contribution in [0.15, 0.2) is 204 Å². The lowest BCUT2D eigenvalue weighted by Crippen LogP contribution is -2.80. The van der Waals surface area contributed by atoms with E-state index in [2.05, 4.69) is 22.5 Å². The van der Waals surface area contributed by atoms with Crippen molar-refractivity contribution in [3.8, 4) is 11.8 Å². The fourth-order valence-corrected chi connectivity index (χ4v) is 11.2. The summed E-state index contributed by atoms with van der Waals surface area (Å²) in [6.07, 6.45) is 0. The van der Waals surface area contributed by atoms with Gasteiger partial charge in [-0.3, -0.25) is 4.79 Å². The summed E-state index contributed by atoms with van der Waals surface area (Å²) in [5.41, 5.74) is 1.94. The fraction of sp³-hybridized carbons (Fsp3) is 0.127. The summed E-state index contributed by atoms with van der Waals surface area (Å²) in [4.78, 5) is 66.3. The Bertz CT molecular complexity index is 2950. The summed E-state index contributed by atoms with van der Waals surface area (Å²) >= 11 is 2.40. The number of aliphatic carboxylic acids is 1. The second-order valence-corrected chi connectivity index (χ2v) is 18.2. The molecule has 3 atom stereocenters. The zero-order valence-electron chi connectivity index (χ0n) is 37.3. The van der Waals surface area contributed by atoms with E-state index in [-0.39, 0.29) is 22.9 Å². The Balaban J connectivity index is 1.16. The molecule has 1 fully saturated rings. The molecule has 0 saturated carbocycles. The van der Waals surface area contributed by atoms with E-state index in [1.807, 2.05) is 182 Å². The quantitative estimate of drug-likeness (QED) is 0.0156. The molecule has 3 heterocycles. The maximum atomic E-state index is 15.1. The van der Waals surface area contributed by atoms with Crippen molar-refractivity contribution in [3.05, 3.63) is 238 Å². The summed E-state index contributed by atoms with van der Waals surface area (Å²) in [5.74, 6) is 0.133. The van der Waals surface area contributed by atoms with Crippen LogP contribution in [0.25, 0.3) is 0 Å². The molecule has 2 aliphatic heterocycles. The van der Waals surface area contributed by atoms with Crippen LogP contribution in [0.4, 0.5) is 5.13 Å². The van der Waals surface area contributed by atoms with Crippen molar-refractivity contribution in [2.45, 2.75) is 29.5 Å². The molecule has 342 valence electrons. The van der Waals surface area contributed by atoms with Crippen molar-refractivity contribution in [2.75, 3.05) is 18.1 Å². The van der Waals surface area contributed by atoms with Crippen LogP contribution < -0.4 is 15.7 Å². The monoisotopic (exact) mass is 949 g/mol. The number of nitrogens with zero attached hydrogens (tertiary/aromatic N) is 3. The van der Waals surface area contributed by atoms with E-state index in [1.165, 1.54) is 25.3 Å². The van der Waals surface area contributed by atoms with Gasteiger partial charge >= 0.3 is 11.9 Å². The van der Waals surface area contributed by atoms with Crippen LogP contribution in [-0.4, -0.2) is 63.1 Å². The Labute approximate surface area is 406 Å². The van der Waals surface area contributed by atoms with Crippen LogP contribution in [0.1, 0.15) is 46.0 Å². The van der Waals surface area contributed by atoms with E-state index in [0.717, 1.165) is 28.5 Å².